The molecule has 1 aliphatic rings. The van der Waals surface area contributed by atoms with Gasteiger partial charge in [-0.3, -0.25) is 0 Å². The topological polar surface area (TPSA) is 70.1 Å². The number of carbonyl (C=O) groups is 1. The van der Waals surface area contributed by atoms with Gasteiger partial charge in [0.15, 0.2) is 5.69 Å². The SMILES string of the molecule is COC(=O)c1cc(N)n(C2CCCC2)n1. The van der Waals surface area contributed by atoms with E-state index >= 15 is 0 Å². The van der Waals surface area contributed by atoms with Gasteiger partial charge in [-0.15, -0.1) is 0 Å². The largest absolute Gasteiger partial charge is 0.464 e. The number of nitrogen functional groups attached to an aromatic ring is 1. The van der Waals surface area contributed by atoms with Crippen molar-refractivity contribution in [2.75, 3.05) is 12.8 Å². The molecule has 0 unspecified atom stereocenters. The van der Waals surface area contributed by atoms with E-state index in [1.54, 1.807) is 10.7 Å². The van der Waals surface area contributed by atoms with Gasteiger partial charge in [0.05, 0.1) is 13.2 Å². The summed E-state index contributed by atoms with van der Waals surface area (Å²) in [6.07, 6.45) is 4.59. The van der Waals surface area contributed by atoms with Crippen LogP contribution in [0.5, 0.6) is 0 Å². The number of esters is 1. The van der Waals surface area contributed by atoms with Gasteiger partial charge in [-0.1, -0.05) is 12.8 Å². The maximum atomic E-state index is 11.2. The highest BCUT2D eigenvalue weighted by Gasteiger charge is 2.22. The van der Waals surface area contributed by atoms with Gasteiger partial charge in [0.2, 0.25) is 0 Å². The number of hydrogen-bond acceptors (Lipinski definition) is 4. The lowest BCUT2D eigenvalue weighted by Crippen LogP contribution is -2.11. The number of anilines is 1. The molecule has 0 spiro atoms. The lowest BCUT2D eigenvalue weighted by atomic mass is 10.2. The maximum absolute atomic E-state index is 11.2. The van der Waals surface area contributed by atoms with Crippen LogP contribution in [0.3, 0.4) is 0 Å². The molecular formula is C10H15N3O2. The molecule has 0 bridgehead atoms. The van der Waals surface area contributed by atoms with E-state index in [-0.39, 0.29) is 0 Å². The van der Waals surface area contributed by atoms with Crippen LogP contribution >= 0.6 is 0 Å². The molecule has 5 nitrogen and oxygen atoms in total. The second-order valence-corrected chi connectivity index (χ2v) is 3.83. The molecule has 15 heavy (non-hydrogen) atoms. The summed E-state index contributed by atoms with van der Waals surface area (Å²) in [5.41, 5.74) is 6.10. The van der Waals surface area contributed by atoms with Crippen molar-refractivity contribution in [2.24, 2.45) is 0 Å². The van der Waals surface area contributed by atoms with Crippen molar-refractivity contribution >= 4 is 11.8 Å². The molecule has 0 aliphatic heterocycles. The zero-order valence-electron chi connectivity index (χ0n) is 8.77. The molecule has 1 aromatic rings. The summed E-state index contributed by atoms with van der Waals surface area (Å²) in [6.45, 7) is 0. The van der Waals surface area contributed by atoms with Gasteiger partial charge in [0.1, 0.15) is 5.82 Å². The molecule has 82 valence electrons. The highest BCUT2D eigenvalue weighted by Crippen LogP contribution is 2.30. The fourth-order valence-electron chi connectivity index (χ4n) is 2.05. The van der Waals surface area contributed by atoms with Crippen LogP contribution < -0.4 is 5.73 Å². The Labute approximate surface area is 88.2 Å². The lowest BCUT2D eigenvalue weighted by Gasteiger charge is -2.10. The van der Waals surface area contributed by atoms with Crippen LogP contribution in [-0.2, 0) is 4.74 Å². The Balaban J connectivity index is 2.24. The number of methoxy groups -OCH3 is 1. The van der Waals surface area contributed by atoms with Crippen molar-refractivity contribution in [2.45, 2.75) is 31.7 Å². The number of ether oxygens (including phenoxy) is 1. The molecule has 1 aliphatic carbocycles. The number of hydrogen-bond donors (Lipinski definition) is 1. The van der Waals surface area contributed by atoms with E-state index < -0.39 is 5.97 Å². The van der Waals surface area contributed by atoms with Crippen LogP contribution in [-0.4, -0.2) is 22.9 Å². The zero-order chi connectivity index (χ0) is 10.8. The normalized spacial score (nSPS) is 16.9. The average Bonchev–Trinajstić information content (AvgIpc) is 2.84. The first-order valence-corrected chi connectivity index (χ1v) is 5.15. The van der Waals surface area contributed by atoms with Crippen LogP contribution in [0, 0.1) is 0 Å². The standard InChI is InChI=1S/C10H15N3O2/c1-15-10(14)8-6-9(11)13(12-8)7-4-2-3-5-7/h6-7H,2-5,11H2,1H3. The Morgan fingerprint density at radius 3 is 2.87 bits per heavy atom. The maximum Gasteiger partial charge on any atom is 0.358 e. The molecule has 1 aromatic heterocycles. The van der Waals surface area contributed by atoms with Crippen molar-refractivity contribution in [3.8, 4) is 0 Å². The van der Waals surface area contributed by atoms with E-state index in [0.717, 1.165) is 12.8 Å². The summed E-state index contributed by atoms with van der Waals surface area (Å²) in [6, 6.07) is 1.92. The summed E-state index contributed by atoms with van der Waals surface area (Å²) in [5.74, 6) is 0.112. The summed E-state index contributed by atoms with van der Waals surface area (Å²) in [7, 11) is 1.34. The third kappa shape index (κ3) is 1.82. The Hall–Kier alpha value is -1.52. The Morgan fingerprint density at radius 1 is 1.60 bits per heavy atom. The predicted molar refractivity (Wildman–Crippen MR) is 55.5 cm³/mol. The average molecular weight is 209 g/mol. The van der Waals surface area contributed by atoms with Gasteiger partial charge in [-0.2, -0.15) is 5.10 Å². The molecule has 1 fully saturated rings. The van der Waals surface area contributed by atoms with Gasteiger partial charge in [-0.05, 0) is 12.8 Å². The second kappa shape index (κ2) is 3.92. The van der Waals surface area contributed by atoms with Gasteiger partial charge in [0.25, 0.3) is 0 Å². The summed E-state index contributed by atoms with van der Waals surface area (Å²) < 4.78 is 6.35. The van der Waals surface area contributed by atoms with Crippen molar-refractivity contribution in [1.82, 2.24) is 9.78 Å². The number of carbonyl (C=O) groups excluding carboxylic acids is 1. The minimum absolute atomic E-state index is 0.293. The monoisotopic (exact) mass is 209 g/mol. The van der Waals surface area contributed by atoms with Crippen molar-refractivity contribution in [3.05, 3.63) is 11.8 Å². The molecule has 0 atom stereocenters. The Kier molecular flexibility index (Phi) is 2.62. The van der Waals surface area contributed by atoms with Crippen LogP contribution in [0.1, 0.15) is 42.2 Å². The van der Waals surface area contributed by atoms with Crippen LogP contribution in [0.15, 0.2) is 6.07 Å². The van der Waals surface area contributed by atoms with E-state index in [1.807, 2.05) is 0 Å². The summed E-state index contributed by atoms with van der Waals surface area (Å²) >= 11 is 0. The van der Waals surface area contributed by atoms with Crippen LogP contribution in [0.2, 0.25) is 0 Å². The van der Waals surface area contributed by atoms with Crippen molar-refractivity contribution in [3.63, 3.8) is 0 Å². The van der Waals surface area contributed by atoms with Crippen molar-refractivity contribution < 1.29 is 9.53 Å². The first-order chi connectivity index (χ1) is 7.22. The van der Waals surface area contributed by atoms with E-state index in [1.165, 1.54) is 20.0 Å². The van der Waals surface area contributed by atoms with Crippen molar-refractivity contribution in [1.29, 1.82) is 0 Å². The van der Waals surface area contributed by atoms with Crippen LogP contribution in [0.25, 0.3) is 0 Å². The molecule has 1 heterocycles. The molecule has 2 rings (SSSR count). The number of aromatic nitrogens is 2. The highest BCUT2D eigenvalue weighted by molar-refractivity contribution is 5.87. The first-order valence-electron chi connectivity index (χ1n) is 5.15. The third-order valence-electron chi connectivity index (χ3n) is 2.83. The van der Waals surface area contributed by atoms with Gasteiger partial charge in [-0.25, -0.2) is 9.48 Å². The molecule has 0 saturated heterocycles. The molecule has 1 saturated carbocycles. The zero-order valence-corrected chi connectivity index (χ0v) is 8.77. The summed E-state index contributed by atoms with van der Waals surface area (Å²) in [5, 5.41) is 4.18. The van der Waals surface area contributed by atoms with Gasteiger partial charge >= 0.3 is 5.97 Å². The minimum atomic E-state index is -0.432. The molecular weight excluding hydrogens is 194 g/mol. The minimum Gasteiger partial charge on any atom is -0.464 e. The molecule has 5 heteroatoms. The Morgan fingerprint density at radius 2 is 2.27 bits per heavy atom. The Bertz CT molecular complexity index is 367. The van der Waals surface area contributed by atoms with E-state index in [0.29, 0.717) is 17.6 Å². The van der Waals surface area contributed by atoms with Gasteiger partial charge < -0.3 is 10.5 Å². The first kappa shape index (κ1) is 10.0. The fourth-order valence-corrected chi connectivity index (χ4v) is 2.05. The van der Waals surface area contributed by atoms with E-state index in [9.17, 15) is 4.79 Å². The quantitative estimate of drug-likeness (QED) is 0.747. The molecule has 0 radical (unpaired) electrons. The molecule has 0 amide bonds. The lowest BCUT2D eigenvalue weighted by molar-refractivity contribution is 0.0592. The molecule has 0 aromatic carbocycles. The van der Waals surface area contributed by atoms with E-state index in [2.05, 4.69) is 9.84 Å². The van der Waals surface area contributed by atoms with Crippen LogP contribution in [0.4, 0.5) is 5.82 Å². The smallest absolute Gasteiger partial charge is 0.358 e. The van der Waals surface area contributed by atoms with Gasteiger partial charge in [0, 0.05) is 6.07 Å². The molecule has 2 N–H and O–H groups in total. The van der Waals surface area contributed by atoms with E-state index in [4.69, 9.17) is 5.73 Å². The summed E-state index contributed by atoms with van der Waals surface area (Å²) in [4.78, 5) is 11.2. The predicted octanol–water partition coefficient (Wildman–Crippen LogP) is 1.37. The number of nitrogens with two attached hydrogens (primary N) is 1. The second-order valence-electron chi connectivity index (χ2n) is 3.83. The highest BCUT2D eigenvalue weighted by atomic mass is 16.5. The third-order valence-corrected chi connectivity index (χ3v) is 2.83. The number of rotatable bonds is 2. The fraction of sp³-hybridized carbons (Fsp3) is 0.600. The number of nitrogens with zero attached hydrogens (tertiary/aromatic N) is 2.